The number of carbonyl (C=O) groups is 1. The smallest absolute Gasteiger partial charge is 0.289 e. The minimum atomic E-state index is -4.96. The lowest BCUT2D eigenvalue weighted by atomic mass is 10.1. The predicted molar refractivity (Wildman–Crippen MR) is 88.3 cm³/mol. The van der Waals surface area contributed by atoms with Gasteiger partial charge < -0.3 is 0 Å². The number of hydrogen-bond donors (Lipinski definition) is 0. The van der Waals surface area contributed by atoms with Crippen molar-refractivity contribution >= 4 is 17.4 Å². The molecule has 0 aliphatic rings. The van der Waals surface area contributed by atoms with E-state index in [1.165, 1.54) is 6.20 Å². The molecule has 0 saturated carbocycles. The van der Waals surface area contributed by atoms with E-state index < -0.39 is 18.4 Å². The van der Waals surface area contributed by atoms with Gasteiger partial charge in [0.2, 0.25) is 11.6 Å². The zero-order chi connectivity index (χ0) is 18.7. The van der Waals surface area contributed by atoms with Crippen LogP contribution >= 0.6 is 11.6 Å². The molecule has 0 aliphatic carbocycles. The fourth-order valence-electron chi connectivity index (χ4n) is 2.17. The Labute approximate surface area is 150 Å². The molecule has 0 radical (unpaired) electrons. The molecule has 132 valence electrons. The van der Waals surface area contributed by atoms with E-state index in [9.17, 15) is 18.0 Å². The predicted octanol–water partition coefficient (Wildman–Crippen LogP) is 3.93. The van der Waals surface area contributed by atoms with Crippen LogP contribution in [0.5, 0.6) is 0 Å². The molecular formula is C17H10ClF3N4O. The number of Topliss-reactive ketones (excluding diaryl/α,β-unsaturated/α-hetero) is 1. The monoisotopic (exact) mass is 378 g/mol. The van der Waals surface area contributed by atoms with Crippen molar-refractivity contribution in [1.82, 2.24) is 20.2 Å². The number of pyridine rings is 1. The maximum atomic E-state index is 12.7. The first kappa shape index (κ1) is 17.9. The molecule has 0 saturated heterocycles. The van der Waals surface area contributed by atoms with Crippen LogP contribution in [0.2, 0.25) is 5.02 Å². The molecule has 0 N–H and O–H groups in total. The van der Waals surface area contributed by atoms with Crippen molar-refractivity contribution in [2.75, 3.05) is 0 Å². The van der Waals surface area contributed by atoms with Crippen LogP contribution in [-0.2, 0) is 11.2 Å². The second-order valence-electron chi connectivity index (χ2n) is 5.25. The SMILES string of the molecule is O=C(Cc1nc(-c2ccccn2)nnc1-c1ccc(Cl)cc1)C(F)(F)F. The number of nitrogens with zero attached hydrogens (tertiary/aromatic N) is 4. The molecule has 3 rings (SSSR count). The lowest BCUT2D eigenvalue weighted by molar-refractivity contribution is -0.170. The van der Waals surface area contributed by atoms with Crippen LogP contribution in [0.15, 0.2) is 48.7 Å². The van der Waals surface area contributed by atoms with E-state index in [1.54, 1.807) is 42.5 Å². The summed E-state index contributed by atoms with van der Waals surface area (Å²) in [5.41, 5.74) is 0.736. The third kappa shape index (κ3) is 4.02. The summed E-state index contributed by atoms with van der Waals surface area (Å²) in [6.07, 6.45) is -4.42. The molecule has 2 heterocycles. The maximum absolute atomic E-state index is 12.7. The Morgan fingerprint density at radius 1 is 1.04 bits per heavy atom. The first-order valence-corrected chi connectivity index (χ1v) is 7.73. The molecule has 0 amide bonds. The number of hydrogen-bond acceptors (Lipinski definition) is 5. The summed E-state index contributed by atoms with van der Waals surface area (Å²) < 4.78 is 38.1. The van der Waals surface area contributed by atoms with Gasteiger partial charge >= 0.3 is 6.18 Å². The van der Waals surface area contributed by atoms with E-state index in [1.807, 2.05) is 0 Å². The highest BCUT2D eigenvalue weighted by Crippen LogP contribution is 2.26. The first-order valence-electron chi connectivity index (χ1n) is 7.35. The van der Waals surface area contributed by atoms with Crippen LogP contribution < -0.4 is 0 Å². The van der Waals surface area contributed by atoms with Crippen molar-refractivity contribution < 1.29 is 18.0 Å². The second-order valence-corrected chi connectivity index (χ2v) is 5.69. The van der Waals surface area contributed by atoms with Crippen LogP contribution in [-0.4, -0.2) is 32.1 Å². The second kappa shape index (κ2) is 7.17. The molecule has 2 aromatic heterocycles. The summed E-state index contributed by atoms with van der Waals surface area (Å²) >= 11 is 5.83. The molecular weight excluding hydrogens is 369 g/mol. The van der Waals surface area contributed by atoms with E-state index >= 15 is 0 Å². The van der Waals surface area contributed by atoms with Crippen LogP contribution in [0.25, 0.3) is 22.8 Å². The van der Waals surface area contributed by atoms with Gasteiger partial charge in [0.25, 0.3) is 0 Å². The van der Waals surface area contributed by atoms with Gasteiger partial charge in [0.1, 0.15) is 11.4 Å². The molecule has 0 unspecified atom stereocenters. The van der Waals surface area contributed by atoms with Gasteiger partial charge in [-0.15, -0.1) is 10.2 Å². The normalized spacial score (nSPS) is 11.4. The Morgan fingerprint density at radius 3 is 2.38 bits per heavy atom. The van der Waals surface area contributed by atoms with Gasteiger partial charge in [0.05, 0.1) is 12.1 Å². The van der Waals surface area contributed by atoms with Crippen molar-refractivity contribution in [3.63, 3.8) is 0 Å². The number of aromatic nitrogens is 4. The van der Waals surface area contributed by atoms with Crippen molar-refractivity contribution in [1.29, 1.82) is 0 Å². The largest absolute Gasteiger partial charge is 0.450 e. The molecule has 3 aromatic rings. The Hall–Kier alpha value is -2.87. The van der Waals surface area contributed by atoms with Crippen LogP contribution in [0, 0.1) is 0 Å². The van der Waals surface area contributed by atoms with Gasteiger partial charge in [-0.05, 0) is 24.3 Å². The van der Waals surface area contributed by atoms with Gasteiger partial charge in [-0.25, -0.2) is 4.98 Å². The molecule has 5 nitrogen and oxygen atoms in total. The quantitative estimate of drug-likeness (QED) is 0.688. The molecule has 0 bridgehead atoms. The molecule has 1 aromatic carbocycles. The first-order chi connectivity index (χ1) is 12.3. The zero-order valence-corrected chi connectivity index (χ0v) is 13.8. The fraction of sp³-hybridized carbons (Fsp3) is 0.118. The lowest BCUT2D eigenvalue weighted by Crippen LogP contribution is -2.25. The zero-order valence-electron chi connectivity index (χ0n) is 13.0. The average molecular weight is 379 g/mol. The highest BCUT2D eigenvalue weighted by molar-refractivity contribution is 6.30. The molecule has 0 aliphatic heterocycles. The Balaban J connectivity index is 2.08. The number of halogens is 4. The van der Waals surface area contributed by atoms with E-state index in [4.69, 9.17) is 11.6 Å². The lowest BCUT2D eigenvalue weighted by Gasteiger charge is -2.10. The van der Waals surface area contributed by atoms with Crippen molar-refractivity contribution in [3.05, 3.63) is 59.4 Å². The van der Waals surface area contributed by atoms with Crippen LogP contribution in [0.1, 0.15) is 5.69 Å². The van der Waals surface area contributed by atoms with E-state index in [0.717, 1.165) is 0 Å². The van der Waals surface area contributed by atoms with Gasteiger partial charge in [0.15, 0.2) is 0 Å². The van der Waals surface area contributed by atoms with Gasteiger partial charge in [-0.3, -0.25) is 9.78 Å². The number of rotatable bonds is 4. The average Bonchev–Trinajstić information content (AvgIpc) is 2.62. The third-order valence-electron chi connectivity index (χ3n) is 3.41. The highest BCUT2D eigenvalue weighted by Gasteiger charge is 2.38. The number of benzene rings is 1. The Bertz CT molecular complexity index is 931. The van der Waals surface area contributed by atoms with Crippen molar-refractivity contribution in [2.45, 2.75) is 12.6 Å². The van der Waals surface area contributed by atoms with Crippen molar-refractivity contribution in [3.8, 4) is 22.8 Å². The topological polar surface area (TPSA) is 68.6 Å². The summed E-state index contributed by atoms with van der Waals surface area (Å²) in [5, 5.41) is 8.36. The molecule has 0 fully saturated rings. The summed E-state index contributed by atoms with van der Waals surface area (Å²) in [4.78, 5) is 19.6. The standard InChI is InChI=1S/C17H10ClF3N4O/c18-11-6-4-10(5-7-11)15-13(9-14(26)17(19,20)21)23-16(25-24-15)12-3-1-2-8-22-12/h1-8H,9H2. The Kier molecular flexibility index (Phi) is 4.94. The van der Waals surface area contributed by atoms with E-state index in [-0.39, 0.29) is 17.2 Å². The Morgan fingerprint density at radius 2 is 1.77 bits per heavy atom. The maximum Gasteiger partial charge on any atom is 0.450 e. The number of carbonyl (C=O) groups excluding carboxylic acids is 1. The van der Waals surface area contributed by atoms with Crippen molar-refractivity contribution in [2.24, 2.45) is 0 Å². The third-order valence-corrected chi connectivity index (χ3v) is 3.67. The van der Waals surface area contributed by atoms with E-state index in [0.29, 0.717) is 16.3 Å². The summed E-state index contributed by atoms with van der Waals surface area (Å²) in [6.45, 7) is 0. The molecule has 0 spiro atoms. The van der Waals surface area contributed by atoms with Crippen LogP contribution in [0.3, 0.4) is 0 Å². The van der Waals surface area contributed by atoms with Crippen LogP contribution in [0.4, 0.5) is 13.2 Å². The van der Waals surface area contributed by atoms with Gasteiger partial charge in [-0.1, -0.05) is 29.8 Å². The summed E-state index contributed by atoms with van der Waals surface area (Å²) in [7, 11) is 0. The number of alkyl halides is 3. The fourth-order valence-corrected chi connectivity index (χ4v) is 2.30. The van der Waals surface area contributed by atoms with E-state index in [2.05, 4.69) is 20.2 Å². The summed E-state index contributed by atoms with van der Waals surface area (Å²) in [6, 6.07) is 11.2. The summed E-state index contributed by atoms with van der Waals surface area (Å²) in [5.74, 6) is -1.88. The van der Waals surface area contributed by atoms with Gasteiger partial charge in [0, 0.05) is 16.8 Å². The van der Waals surface area contributed by atoms with Gasteiger partial charge in [-0.2, -0.15) is 13.2 Å². The minimum Gasteiger partial charge on any atom is -0.289 e. The minimum absolute atomic E-state index is 0.0355. The highest BCUT2D eigenvalue weighted by atomic mass is 35.5. The number of ketones is 1. The molecule has 26 heavy (non-hydrogen) atoms. The molecule has 9 heteroatoms. The molecule has 0 atom stereocenters.